The molecule has 11 nitrogen and oxygen atoms in total. The van der Waals surface area contributed by atoms with Crippen molar-refractivity contribution < 1.29 is 52.2 Å². The number of rotatable bonds is 53. The molecular weight excluding hydrogens is 952 g/mol. The van der Waals surface area contributed by atoms with E-state index in [0.29, 0.717) is 19.3 Å². The van der Waals surface area contributed by atoms with Crippen molar-refractivity contribution in [2.75, 3.05) is 26.4 Å². The SMILES string of the molecule is CC/C=C\C/C=C\C/C=C\C/C=C\CCCCC(=O)OC(COC(=O)CCCCCCCCCCCCCCCCCCCCC)COP(=O)(O)OCC(CO)OC(=O)CC/C=C\C/C=C\C/C=C\C/C=C\CC. The predicted octanol–water partition coefficient (Wildman–Crippen LogP) is 17.3. The monoisotopic (exact) mass is 1060 g/mol. The maximum absolute atomic E-state index is 12.9. The highest BCUT2D eigenvalue weighted by molar-refractivity contribution is 7.47. The Morgan fingerprint density at radius 2 is 0.730 bits per heavy atom. The van der Waals surface area contributed by atoms with E-state index < -0.39 is 57.8 Å². The van der Waals surface area contributed by atoms with E-state index in [1.165, 1.54) is 96.3 Å². The minimum Gasteiger partial charge on any atom is -0.462 e. The summed E-state index contributed by atoms with van der Waals surface area (Å²) >= 11 is 0. The third-order valence-electron chi connectivity index (χ3n) is 12.0. The summed E-state index contributed by atoms with van der Waals surface area (Å²) < 4.78 is 39.4. The van der Waals surface area contributed by atoms with E-state index in [-0.39, 0.29) is 25.9 Å². The summed E-state index contributed by atoms with van der Waals surface area (Å²) in [5, 5.41) is 9.79. The molecule has 0 saturated carbocycles. The number of phosphoric acid groups is 1. The number of aliphatic hydroxyl groups excluding tert-OH is 1. The van der Waals surface area contributed by atoms with Crippen molar-refractivity contribution in [3.8, 4) is 0 Å². The fourth-order valence-corrected chi connectivity index (χ4v) is 8.44. The second-order valence-electron chi connectivity index (χ2n) is 19.0. The molecule has 12 heteroatoms. The molecule has 0 rings (SSSR count). The molecule has 0 saturated heterocycles. The van der Waals surface area contributed by atoms with Crippen LogP contribution in [0.3, 0.4) is 0 Å². The molecule has 74 heavy (non-hydrogen) atoms. The highest BCUT2D eigenvalue weighted by atomic mass is 31.2. The van der Waals surface area contributed by atoms with Crippen molar-refractivity contribution >= 4 is 25.7 Å². The first-order valence-corrected chi connectivity index (χ1v) is 30.6. The Balaban J connectivity index is 4.80. The van der Waals surface area contributed by atoms with Crippen LogP contribution < -0.4 is 0 Å². The third-order valence-corrected chi connectivity index (χ3v) is 13.0. The Morgan fingerprint density at radius 1 is 0.392 bits per heavy atom. The second kappa shape index (κ2) is 55.6. The van der Waals surface area contributed by atoms with E-state index in [2.05, 4.69) is 99.8 Å². The molecule has 0 aliphatic heterocycles. The fraction of sp³-hybridized carbons (Fsp3) is 0.694. The number of hydrogen-bond acceptors (Lipinski definition) is 10. The summed E-state index contributed by atoms with van der Waals surface area (Å²) in [5.41, 5.74) is 0. The van der Waals surface area contributed by atoms with Gasteiger partial charge in [0.05, 0.1) is 19.8 Å². The Bertz CT molecular complexity index is 1610. The molecular formula is C62H105O11P. The van der Waals surface area contributed by atoms with Crippen LogP contribution in [0.2, 0.25) is 0 Å². The number of esters is 3. The van der Waals surface area contributed by atoms with Gasteiger partial charge >= 0.3 is 25.7 Å². The number of carbonyl (C=O) groups is 3. The highest BCUT2D eigenvalue weighted by Crippen LogP contribution is 2.43. The van der Waals surface area contributed by atoms with Gasteiger partial charge in [-0.2, -0.15) is 0 Å². The Kier molecular flexibility index (Phi) is 52.9. The van der Waals surface area contributed by atoms with E-state index in [4.69, 9.17) is 23.3 Å². The largest absolute Gasteiger partial charge is 0.472 e. The molecule has 0 heterocycles. The van der Waals surface area contributed by atoms with E-state index in [1.807, 2.05) is 18.2 Å². The zero-order valence-corrected chi connectivity index (χ0v) is 47.7. The molecule has 0 aliphatic carbocycles. The zero-order chi connectivity index (χ0) is 54.1. The maximum Gasteiger partial charge on any atom is 0.472 e. The number of carbonyl (C=O) groups excluding carboxylic acids is 3. The van der Waals surface area contributed by atoms with Crippen LogP contribution in [0.25, 0.3) is 0 Å². The number of allylic oxidation sites excluding steroid dienone is 16. The van der Waals surface area contributed by atoms with Gasteiger partial charge in [-0.3, -0.25) is 23.4 Å². The van der Waals surface area contributed by atoms with Gasteiger partial charge in [0, 0.05) is 19.3 Å². The van der Waals surface area contributed by atoms with Crippen LogP contribution in [0, 0.1) is 0 Å². The average molecular weight is 1060 g/mol. The lowest BCUT2D eigenvalue weighted by Gasteiger charge is -2.21. The third kappa shape index (κ3) is 53.2. The Hall–Kier alpha value is -3.60. The quantitative estimate of drug-likeness (QED) is 0.0197. The van der Waals surface area contributed by atoms with Gasteiger partial charge in [-0.1, -0.05) is 234 Å². The summed E-state index contributed by atoms with van der Waals surface area (Å²) in [6.07, 6.45) is 65.4. The minimum atomic E-state index is -4.78. The molecule has 0 spiro atoms. The van der Waals surface area contributed by atoms with Gasteiger partial charge in [0.1, 0.15) is 12.7 Å². The summed E-state index contributed by atoms with van der Waals surface area (Å²) in [7, 11) is -4.78. The van der Waals surface area contributed by atoms with Gasteiger partial charge in [0.2, 0.25) is 0 Å². The number of phosphoric ester groups is 1. The van der Waals surface area contributed by atoms with E-state index in [1.54, 1.807) is 0 Å². The first-order valence-electron chi connectivity index (χ1n) is 29.1. The van der Waals surface area contributed by atoms with Crippen molar-refractivity contribution in [3.05, 3.63) is 97.2 Å². The van der Waals surface area contributed by atoms with Gasteiger partial charge in [-0.05, 0) is 83.5 Å². The average Bonchev–Trinajstić information content (AvgIpc) is 3.39. The number of ether oxygens (including phenoxy) is 3. The van der Waals surface area contributed by atoms with Gasteiger partial charge in [-0.15, -0.1) is 0 Å². The minimum absolute atomic E-state index is 0.0494. The number of hydrogen-bond donors (Lipinski definition) is 2. The number of aliphatic hydroxyl groups is 1. The van der Waals surface area contributed by atoms with Crippen LogP contribution in [0.15, 0.2) is 97.2 Å². The smallest absolute Gasteiger partial charge is 0.462 e. The van der Waals surface area contributed by atoms with Gasteiger partial charge in [0.15, 0.2) is 6.10 Å². The standard InChI is InChI=1S/C62H105O11P/c1-4-7-10-13-16-19-22-25-27-28-29-30-32-34-36-39-42-45-48-51-60(64)69-55-59(73-62(66)53-50-47-44-41-38-35-31-26-23-20-17-14-11-8-5-2)57-71-74(67,68)70-56-58(54-63)72-61(65)52-49-46-43-40-37-33-24-21-18-15-12-9-6-3/h8-9,11-12,17-18,20-21,26,31,33,37-38,41,43,46,58-59,63H,4-7,10,13-16,19,22-25,27-30,32,34-36,39-40,42,44-45,47-57H2,1-3H3,(H,67,68)/b11-8-,12-9-,20-17-,21-18-,31-26-,37-33-,41-38-,46-43-. The fourth-order valence-electron chi connectivity index (χ4n) is 7.66. The van der Waals surface area contributed by atoms with Gasteiger partial charge < -0.3 is 24.2 Å². The van der Waals surface area contributed by atoms with Crippen LogP contribution in [-0.2, 0) is 42.2 Å². The number of unbranched alkanes of at least 4 members (excludes halogenated alkanes) is 20. The molecule has 0 amide bonds. The molecule has 0 radical (unpaired) electrons. The lowest BCUT2D eigenvalue weighted by Crippen LogP contribution is -2.30. The lowest BCUT2D eigenvalue weighted by atomic mass is 10.0. The molecule has 424 valence electrons. The molecule has 0 aromatic rings. The predicted molar refractivity (Wildman–Crippen MR) is 307 cm³/mol. The van der Waals surface area contributed by atoms with Crippen molar-refractivity contribution in [3.63, 3.8) is 0 Å². The zero-order valence-electron chi connectivity index (χ0n) is 46.8. The lowest BCUT2D eigenvalue weighted by molar-refractivity contribution is -0.161. The van der Waals surface area contributed by atoms with Crippen molar-refractivity contribution in [2.45, 2.75) is 251 Å². The Labute approximate surface area is 451 Å². The first kappa shape index (κ1) is 70.4. The molecule has 0 bridgehead atoms. The summed E-state index contributed by atoms with van der Waals surface area (Å²) in [5.74, 6) is -1.60. The summed E-state index contributed by atoms with van der Waals surface area (Å²) in [6, 6.07) is 0. The van der Waals surface area contributed by atoms with E-state index in [9.17, 15) is 28.9 Å². The van der Waals surface area contributed by atoms with E-state index >= 15 is 0 Å². The van der Waals surface area contributed by atoms with Gasteiger partial charge in [-0.25, -0.2) is 4.57 Å². The first-order chi connectivity index (χ1) is 36.2. The molecule has 0 aliphatic rings. The Morgan fingerprint density at radius 3 is 1.16 bits per heavy atom. The maximum atomic E-state index is 12.9. The molecule has 0 aromatic heterocycles. The van der Waals surface area contributed by atoms with Crippen molar-refractivity contribution in [2.24, 2.45) is 0 Å². The van der Waals surface area contributed by atoms with Crippen molar-refractivity contribution in [1.29, 1.82) is 0 Å². The normalized spacial score (nSPS) is 14.1. The van der Waals surface area contributed by atoms with Gasteiger partial charge in [0.25, 0.3) is 0 Å². The van der Waals surface area contributed by atoms with E-state index in [0.717, 1.165) is 83.5 Å². The molecule has 0 aromatic carbocycles. The molecule has 0 fully saturated rings. The topological polar surface area (TPSA) is 155 Å². The van der Waals surface area contributed by atoms with Crippen molar-refractivity contribution in [1.82, 2.24) is 0 Å². The molecule has 3 unspecified atom stereocenters. The van der Waals surface area contributed by atoms with Crippen LogP contribution in [0.4, 0.5) is 0 Å². The summed E-state index contributed by atoms with van der Waals surface area (Å²) in [6.45, 7) is 4.29. The van der Waals surface area contributed by atoms with Crippen LogP contribution >= 0.6 is 7.82 Å². The molecule has 3 atom stereocenters. The summed E-state index contributed by atoms with van der Waals surface area (Å²) in [4.78, 5) is 48.5. The highest BCUT2D eigenvalue weighted by Gasteiger charge is 2.28. The molecule has 2 N–H and O–H groups in total. The van der Waals surface area contributed by atoms with Crippen LogP contribution in [0.5, 0.6) is 0 Å². The second-order valence-corrected chi connectivity index (χ2v) is 20.5. The van der Waals surface area contributed by atoms with Crippen LogP contribution in [-0.4, -0.2) is 66.5 Å². The van der Waals surface area contributed by atoms with Crippen LogP contribution in [0.1, 0.15) is 239 Å².